The fourth-order valence-corrected chi connectivity index (χ4v) is 2.90. The number of hydrogen-bond acceptors (Lipinski definition) is 4. The molecule has 0 rings (SSSR count). The molecule has 0 aromatic rings. The van der Waals surface area contributed by atoms with Crippen LogP contribution in [0.15, 0.2) is 0 Å². The first-order valence-corrected chi connectivity index (χ1v) is 8.02. The van der Waals surface area contributed by atoms with Crippen LogP contribution in [0.4, 0.5) is 0 Å². The Kier molecular flexibility index (Phi) is 10.1. The van der Waals surface area contributed by atoms with Crippen LogP contribution < -0.4 is 5.09 Å². The zero-order chi connectivity index (χ0) is 13.1. The van der Waals surface area contributed by atoms with Crippen LogP contribution in [0.25, 0.3) is 0 Å². The van der Waals surface area contributed by atoms with Gasteiger partial charge in [0.05, 0.1) is 13.2 Å². The molecule has 0 fully saturated rings. The van der Waals surface area contributed by atoms with Gasteiger partial charge in [-0.2, -0.15) is 0 Å². The lowest BCUT2D eigenvalue weighted by Gasteiger charge is -2.20. The van der Waals surface area contributed by atoms with E-state index in [2.05, 4.69) is 23.8 Å². The molecule has 0 saturated carbocycles. The highest BCUT2D eigenvalue weighted by molar-refractivity contribution is 7.51. The van der Waals surface area contributed by atoms with Crippen molar-refractivity contribution in [2.24, 2.45) is 0 Å². The highest BCUT2D eigenvalue weighted by Gasteiger charge is 2.22. The zero-order valence-electron chi connectivity index (χ0n) is 11.6. The number of rotatable bonds is 11. The molecule has 104 valence electrons. The van der Waals surface area contributed by atoms with Gasteiger partial charge in [0.25, 0.3) is 0 Å². The third-order valence-electron chi connectivity index (χ3n) is 2.45. The van der Waals surface area contributed by atoms with E-state index < -0.39 is 7.75 Å². The SMILES string of the molecule is CCOP(=O)(NCCCN(CC)CC)OCC. The van der Waals surface area contributed by atoms with Gasteiger partial charge in [-0.1, -0.05) is 13.8 Å². The Morgan fingerprint density at radius 1 is 1.06 bits per heavy atom. The predicted molar refractivity (Wildman–Crippen MR) is 71.3 cm³/mol. The van der Waals surface area contributed by atoms with Gasteiger partial charge in [-0.15, -0.1) is 0 Å². The van der Waals surface area contributed by atoms with Gasteiger partial charge in [0.1, 0.15) is 0 Å². The summed E-state index contributed by atoms with van der Waals surface area (Å²) in [5, 5.41) is 2.89. The van der Waals surface area contributed by atoms with Crippen LogP contribution in [0.3, 0.4) is 0 Å². The van der Waals surface area contributed by atoms with Crippen LogP contribution in [0.5, 0.6) is 0 Å². The Morgan fingerprint density at radius 2 is 1.59 bits per heavy atom. The standard InChI is InChI=1S/C11H27N2O3P/c1-5-13(6-2)11-9-10-12-17(14,15-7-3)16-8-4/h5-11H2,1-4H3,(H,12,14). The second-order valence-electron chi connectivity index (χ2n) is 3.62. The molecule has 0 spiro atoms. The molecule has 0 atom stereocenters. The van der Waals surface area contributed by atoms with Gasteiger partial charge in [-0.25, -0.2) is 9.65 Å². The van der Waals surface area contributed by atoms with Gasteiger partial charge in [0.2, 0.25) is 0 Å². The maximum absolute atomic E-state index is 12.0. The van der Waals surface area contributed by atoms with Crippen molar-refractivity contribution in [3.05, 3.63) is 0 Å². The lowest BCUT2D eigenvalue weighted by Crippen LogP contribution is -2.27. The van der Waals surface area contributed by atoms with Crippen molar-refractivity contribution in [2.45, 2.75) is 34.1 Å². The molecule has 0 saturated heterocycles. The summed E-state index contributed by atoms with van der Waals surface area (Å²) in [6, 6.07) is 0. The molecule has 0 amide bonds. The van der Waals surface area contributed by atoms with Crippen molar-refractivity contribution in [1.82, 2.24) is 9.99 Å². The summed E-state index contributed by atoms with van der Waals surface area (Å²) in [6.07, 6.45) is 0.936. The lowest BCUT2D eigenvalue weighted by molar-refractivity contribution is 0.209. The Morgan fingerprint density at radius 3 is 2.00 bits per heavy atom. The van der Waals surface area contributed by atoms with Gasteiger partial charge in [-0.3, -0.25) is 9.05 Å². The van der Waals surface area contributed by atoms with Gasteiger partial charge in [0, 0.05) is 6.54 Å². The number of hydrogen-bond donors (Lipinski definition) is 1. The van der Waals surface area contributed by atoms with E-state index in [-0.39, 0.29) is 0 Å². The van der Waals surface area contributed by atoms with Gasteiger partial charge < -0.3 is 4.90 Å². The van der Waals surface area contributed by atoms with Crippen LogP contribution in [-0.4, -0.2) is 44.3 Å². The number of nitrogens with zero attached hydrogens (tertiary/aromatic N) is 1. The van der Waals surface area contributed by atoms with Gasteiger partial charge >= 0.3 is 7.75 Å². The number of nitrogens with one attached hydrogen (secondary N) is 1. The van der Waals surface area contributed by atoms with E-state index in [0.29, 0.717) is 19.8 Å². The van der Waals surface area contributed by atoms with E-state index in [0.717, 1.165) is 26.1 Å². The third kappa shape index (κ3) is 7.90. The molecule has 5 nitrogen and oxygen atoms in total. The maximum Gasteiger partial charge on any atom is 0.405 e. The highest BCUT2D eigenvalue weighted by atomic mass is 31.2. The molecule has 0 aliphatic carbocycles. The first-order valence-electron chi connectivity index (χ1n) is 6.48. The Labute approximate surface area is 105 Å². The largest absolute Gasteiger partial charge is 0.405 e. The van der Waals surface area contributed by atoms with E-state index in [4.69, 9.17) is 9.05 Å². The lowest BCUT2D eigenvalue weighted by atomic mass is 10.4. The molecule has 0 aromatic heterocycles. The molecule has 0 unspecified atom stereocenters. The van der Waals surface area contributed by atoms with E-state index in [1.807, 2.05) is 13.8 Å². The normalized spacial score (nSPS) is 12.3. The summed E-state index contributed by atoms with van der Waals surface area (Å²) in [7, 11) is -3.06. The molecule has 0 bridgehead atoms. The molecule has 0 heterocycles. The van der Waals surface area contributed by atoms with Crippen LogP contribution in [0.1, 0.15) is 34.1 Å². The predicted octanol–water partition coefficient (Wildman–Crippen LogP) is 2.49. The molecule has 0 aliphatic heterocycles. The van der Waals surface area contributed by atoms with E-state index in [1.165, 1.54) is 0 Å². The minimum absolute atomic E-state index is 0.389. The van der Waals surface area contributed by atoms with Gasteiger partial charge in [0.15, 0.2) is 0 Å². The third-order valence-corrected chi connectivity index (χ3v) is 4.26. The molecule has 0 aromatic carbocycles. The molecule has 6 heteroatoms. The summed E-state index contributed by atoms with van der Waals surface area (Å²) in [5.74, 6) is 0. The van der Waals surface area contributed by atoms with Crippen molar-refractivity contribution in [2.75, 3.05) is 39.4 Å². The molecule has 1 N–H and O–H groups in total. The summed E-state index contributed by atoms with van der Waals surface area (Å²) in [4.78, 5) is 2.33. The summed E-state index contributed by atoms with van der Waals surface area (Å²) < 4.78 is 22.3. The minimum Gasteiger partial charge on any atom is -0.304 e. The Hall–Kier alpha value is 0.0700. The zero-order valence-corrected chi connectivity index (χ0v) is 12.5. The topological polar surface area (TPSA) is 50.8 Å². The first-order chi connectivity index (χ1) is 8.11. The fraction of sp³-hybridized carbons (Fsp3) is 1.00. The van der Waals surface area contributed by atoms with Crippen molar-refractivity contribution in [3.63, 3.8) is 0 Å². The van der Waals surface area contributed by atoms with Crippen LogP contribution in [-0.2, 0) is 13.6 Å². The second kappa shape index (κ2) is 10.0. The molecule has 0 aliphatic rings. The van der Waals surface area contributed by atoms with Crippen LogP contribution in [0.2, 0.25) is 0 Å². The van der Waals surface area contributed by atoms with E-state index >= 15 is 0 Å². The van der Waals surface area contributed by atoms with Crippen LogP contribution >= 0.6 is 7.75 Å². The quantitative estimate of drug-likeness (QED) is 0.460. The molecule has 0 radical (unpaired) electrons. The molecular weight excluding hydrogens is 239 g/mol. The van der Waals surface area contributed by atoms with Crippen molar-refractivity contribution in [1.29, 1.82) is 0 Å². The molecular formula is C11H27N2O3P. The minimum atomic E-state index is -3.06. The fourth-order valence-electron chi connectivity index (χ4n) is 1.53. The van der Waals surface area contributed by atoms with Crippen molar-refractivity contribution < 1.29 is 13.6 Å². The highest BCUT2D eigenvalue weighted by Crippen LogP contribution is 2.42. The second-order valence-corrected chi connectivity index (χ2v) is 5.45. The van der Waals surface area contributed by atoms with Crippen molar-refractivity contribution in [3.8, 4) is 0 Å². The summed E-state index contributed by atoms with van der Waals surface area (Å²) >= 11 is 0. The average molecular weight is 266 g/mol. The molecule has 17 heavy (non-hydrogen) atoms. The Balaban J connectivity index is 3.86. The first kappa shape index (κ1) is 17.1. The van der Waals surface area contributed by atoms with Gasteiger partial charge in [-0.05, 0) is 39.9 Å². The monoisotopic (exact) mass is 266 g/mol. The van der Waals surface area contributed by atoms with Crippen molar-refractivity contribution >= 4 is 7.75 Å². The summed E-state index contributed by atoms with van der Waals surface area (Å²) in [5.41, 5.74) is 0. The Bertz CT molecular complexity index is 213. The van der Waals surface area contributed by atoms with E-state index in [9.17, 15) is 4.57 Å². The summed E-state index contributed by atoms with van der Waals surface area (Å²) in [6.45, 7) is 12.4. The van der Waals surface area contributed by atoms with Crippen LogP contribution in [0, 0.1) is 0 Å². The average Bonchev–Trinajstić information content (AvgIpc) is 2.30. The smallest absolute Gasteiger partial charge is 0.304 e. The van der Waals surface area contributed by atoms with E-state index in [1.54, 1.807) is 0 Å². The maximum atomic E-state index is 12.0.